The van der Waals surface area contributed by atoms with Gasteiger partial charge in [-0.05, 0) is 37.1 Å². The Morgan fingerprint density at radius 1 is 1.11 bits per heavy atom. The molecule has 2 rings (SSSR count). The number of anilines is 1. The van der Waals surface area contributed by atoms with Crippen LogP contribution in [0.25, 0.3) is 0 Å². The van der Waals surface area contributed by atoms with E-state index >= 15 is 0 Å². The van der Waals surface area contributed by atoms with Crippen LogP contribution in [0.2, 0.25) is 10.0 Å². The smallest absolute Gasteiger partial charge is 0.274 e. The van der Waals surface area contributed by atoms with Gasteiger partial charge >= 0.3 is 0 Å². The average Bonchev–Trinajstić information content (AvgIpc) is 2.66. The van der Waals surface area contributed by atoms with Gasteiger partial charge in [0.25, 0.3) is 17.4 Å². The minimum absolute atomic E-state index is 0.00217. The molecule has 28 heavy (non-hydrogen) atoms. The van der Waals surface area contributed by atoms with Gasteiger partial charge in [0.2, 0.25) is 0 Å². The highest BCUT2D eigenvalue weighted by atomic mass is 35.5. The summed E-state index contributed by atoms with van der Waals surface area (Å²) >= 11 is 12.0. The molecule has 0 aliphatic rings. The molecule has 0 fully saturated rings. The van der Waals surface area contributed by atoms with E-state index in [2.05, 4.69) is 5.32 Å². The number of nitrogens with one attached hydrogen (secondary N) is 1. The number of nitrogens with zero attached hydrogens (tertiary/aromatic N) is 2. The predicted octanol–water partition coefficient (Wildman–Crippen LogP) is 4.21. The number of carbonyl (C=O) groups is 2. The molecule has 8 heteroatoms. The van der Waals surface area contributed by atoms with E-state index < -0.39 is 11.5 Å². The lowest BCUT2D eigenvalue weighted by atomic mass is 10.2. The fourth-order valence-electron chi connectivity index (χ4n) is 2.82. The van der Waals surface area contributed by atoms with Gasteiger partial charge in [0.1, 0.15) is 5.69 Å². The van der Waals surface area contributed by atoms with Crippen LogP contribution in [0.15, 0.2) is 35.3 Å². The molecule has 150 valence electrons. The lowest BCUT2D eigenvalue weighted by molar-refractivity contribution is 0.0754. The maximum absolute atomic E-state index is 12.9. The maximum atomic E-state index is 12.9. The molecule has 1 aromatic heterocycles. The van der Waals surface area contributed by atoms with Gasteiger partial charge < -0.3 is 14.8 Å². The fraction of sp³-hybridized carbons (Fsp3) is 0.350. The number of aryl methyl sites for hydroxylation is 1. The molecular weight excluding hydrogens is 401 g/mol. The van der Waals surface area contributed by atoms with Gasteiger partial charge in [-0.2, -0.15) is 0 Å². The number of amides is 2. The summed E-state index contributed by atoms with van der Waals surface area (Å²) in [6, 6.07) is 5.89. The van der Waals surface area contributed by atoms with Crippen LogP contribution in [0.1, 0.15) is 47.4 Å². The normalized spacial score (nSPS) is 10.6. The Balaban J connectivity index is 2.37. The number of halogens is 2. The van der Waals surface area contributed by atoms with Crippen molar-refractivity contribution >= 4 is 40.7 Å². The van der Waals surface area contributed by atoms with Crippen molar-refractivity contribution in [3.63, 3.8) is 0 Å². The van der Waals surface area contributed by atoms with E-state index in [0.717, 1.165) is 12.8 Å². The van der Waals surface area contributed by atoms with Crippen molar-refractivity contribution in [2.75, 3.05) is 18.4 Å². The van der Waals surface area contributed by atoms with E-state index in [1.165, 1.54) is 36.0 Å². The highest BCUT2D eigenvalue weighted by Crippen LogP contribution is 2.21. The average molecular weight is 424 g/mol. The topological polar surface area (TPSA) is 71.4 Å². The monoisotopic (exact) mass is 423 g/mol. The van der Waals surface area contributed by atoms with E-state index in [-0.39, 0.29) is 22.2 Å². The van der Waals surface area contributed by atoms with Gasteiger partial charge in [-0.25, -0.2) is 0 Å². The Labute approximate surface area is 174 Å². The molecule has 0 saturated heterocycles. The summed E-state index contributed by atoms with van der Waals surface area (Å²) in [6.45, 7) is 5.23. The predicted molar refractivity (Wildman–Crippen MR) is 113 cm³/mol. The number of hydrogen-bond acceptors (Lipinski definition) is 3. The third kappa shape index (κ3) is 5.14. The SMILES string of the molecule is CCCN(CCC)C(=O)c1cc(NC(=O)c2cc(Cl)ccc2Cl)c(=O)n(C)c1. The zero-order valence-corrected chi connectivity index (χ0v) is 17.6. The van der Waals surface area contributed by atoms with Crippen molar-refractivity contribution < 1.29 is 9.59 Å². The molecule has 0 atom stereocenters. The van der Waals surface area contributed by atoms with Crippen molar-refractivity contribution in [2.24, 2.45) is 7.05 Å². The highest BCUT2D eigenvalue weighted by Gasteiger charge is 2.19. The summed E-state index contributed by atoms with van der Waals surface area (Å²) in [4.78, 5) is 39.6. The Morgan fingerprint density at radius 3 is 2.36 bits per heavy atom. The third-order valence-corrected chi connectivity index (χ3v) is 4.69. The van der Waals surface area contributed by atoms with Crippen LogP contribution in [0.4, 0.5) is 5.69 Å². The standard InChI is InChI=1S/C20H23Cl2N3O3/c1-4-8-25(9-5-2)19(27)13-10-17(20(28)24(3)12-13)23-18(26)15-11-14(21)6-7-16(15)22/h6-7,10-12H,4-5,8-9H2,1-3H3,(H,23,26). The number of benzene rings is 1. The van der Waals surface area contributed by atoms with Crippen LogP contribution in [0.5, 0.6) is 0 Å². The van der Waals surface area contributed by atoms with Gasteiger partial charge in [0.15, 0.2) is 0 Å². The van der Waals surface area contributed by atoms with Gasteiger partial charge in [-0.1, -0.05) is 37.0 Å². The lowest BCUT2D eigenvalue weighted by Gasteiger charge is -2.22. The van der Waals surface area contributed by atoms with Crippen LogP contribution < -0.4 is 10.9 Å². The van der Waals surface area contributed by atoms with E-state index in [1.54, 1.807) is 11.0 Å². The van der Waals surface area contributed by atoms with Crippen LogP contribution in [0, 0.1) is 0 Å². The Hall–Kier alpha value is -2.31. The summed E-state index contributed by atoms with van der Waals surface area (Å²) in [6.07, 6.45) is 3.13. The Kier molecular flexibility index (Phi) is 7.66. The first-order valence-corrected chi connectivity index (χ1v) is 9.80. The Bertz CT molecular complexity index is 935. The number of aromatic nitrogens is 1. The minimum atomic E-state index is -0.576. The molecule has 1 heterocycles. The molecule has 0 saturated carbocycles. The first-order valence-electron chi connectivity index (χ1n) is 9.04. The number of hydrogen-bond donors (Lipinski definition) is 1. The molecule has 1 N–H and O–H groups in total. The van der Waals surface area contributed by atoms with Crippen LogP contribution >= 0.6 is 23.2 Å². The highest BCUT2D eigenvalue weighted by molar-refractivity contribution is 6.36. The molecule has 0 spiro atoms. The molecule has 0 bridgehead atoms. The first-order chi connectivity index (χ1) is 13.3. The molecule has 0 aliphatic carbocycles. The summed E-state index contributed by atoms with van der Waals surface area (Å²) in [5.74, 6) is -0.760. The summed E-state index contributed by atoms with van der Waals surface area (Å²) in [7, 11) is 1.53. The summed E-state index contributed by atoms with van der Waals surface area (Å²) in [5.41, 5.74) is 0.0472. The summed E-state index contributed by atoms with van der Waals surface area (Å²) < 4.78 is 1.28. The van der Waals surface area contributed by atoms with Gasteiger partial charge in [-0.15, -0.1) is 0 Å². The molecule has 2 amide bonds. The maximum Gasteiger partial charge on any atom is 0.274 e. The lowest BCUT2D eigenvalue weighted by Crippen LogP contribution is -2.34. The summed E-state index contributed by atoms with van der Waals surface area (Å²) in [5, 5.41) is 3.11. The van der Waals surface area contributed by atoms with Crippen molar-refractivity contribution in [1.29, 1.82) is 0 Å². The molecule has 6 nitrogen and oxygen atoms in total. The third-order valence-electron chi connectivity index (χ3n) is 4.13. The Morgan fingerprint density at radius 2 is 1.75 bits per heavy atom. The van der Waals surface area contributed by atoms with Gasteiger partial charge in [0, 0.05) is 31.4 Å². The number of pyridine rings is 1. The first kappa shape index (κ1) is 22.0. The van der Waals surface area contributed by atoms with Gasteiger partial charge in [-0.3, -0.25) is 14.4 Å². The van der Waals surface area contributed by atoms with Crippen molar-refractivity contribution in [1.82, 2.24) is 9.47 Å². The molecule has 0 unspecified atom stereocenters. The number of rotatable bonds is 7. The van der Waals surface area contributed by atoms with E-state index in [0.29, 0.717) is 23.7 Å². The van der Waals surface area contributed by atoms with E-state index in [1.807, 2.05) is 13.8 Å². The van der Waals surface area contributed by atoms with Crippen LogP contribution in [-0.2, 0) is 7.05 Å². The van der Waals surface area contributed by atoms with Crippen molar-refractivity contribution in [3.8, 4) is 0 Å². The second kappa shape index (κ2) is 9.75. The second-order valence-corrected chi connectivity index (χ2v) is 7.27. The largest absolute Gasteiger partial charge is 0.339 e. The van der Waals surface area contributed by atoms with Crippen molar-refractivity contribution in [3.05, 3.63) is 62.0 Å². The van der Waals surface area contributed by atoms with Crippen LogP contribution in [0.3, 0.4) is 0 Å². The molecule has 0 aliphatic heterocycles. The molecule has 1 aromatic carbocycles. The minimum Gasteiger partial charge on any atom is -0.339 e. The quantitative estimate of drug-likeness (QED) is 0.724. The zero-order valence-electron chi connectivity index (χ0n) is 16.1. The van der Waals surface area contributed by atoms with Crippen LogP contribution in [-0.4, -0.2) is 34.4 Å². The molecule has 2 aromatic rings. The zero-order chi connectivity index (χ0) is 20.8. The number of carbonyl (C=O) groups excluding carboxylic acids is 2. The van der Waals surface area contributed by atoms with E-state index in [4.69, 9.17) is 23.2 Å². The van der Waals surface area contributed by atoms with Crippen molar-refractivity contribution in [2.45, 2.75) is 26.7 Å². The van der Waals surface area contributed by atoms with E-state index in [9.17, 15) is 14.4 Å². The fourth-order valence-corrected chi connectivity index (χ4v) is 3.19. The second-order valence-electron chi connectivity index (χ2n) is 6.43. The molecule has 0 radical (unpaired) electrons. The molecular formula is C20H23Cl2N3O3. The van der Waals surface area contributed by atoms with Gasteiger partial charge in [0.05, 0.1) is 16.1 Å².